The summed E-state index contributed by atoms with van der Waals surface area (Å²) >= 11 is 10.9. The molecule has 0 fully saturated rings. The second-order valence-electron chi connectivity index (χ2n) is 3.55. The Morgan fingerprint density at radius 2 is 2.00 bits per heavy atom. The van der Waals surface area contributed by atoms with Crippen molar-refractivity contribution in [3.05, 3.63) is 30.1 Å². The molecule has 20 heavy (non-hydrogen) atoms. The Bertz CT molecular complexity index is 566. The Balaban J connectivity index is 2.63. The van der Waals surface area contributed by atoms with E-state index in [4.69, 9.17) is 23.2 Å². The Hall–Kier alpha value is -1.25. The molecule has 1 aromatic carbocycles. The highest BCUT2D eigenvalue weighted by Crippen LogP contribution is 2.10. The highest BCUT2D eigenvalue weighted by atomic mass is 35.5. The molecule has 0 spiro atoms. The van der Waals surface area contributed by atoms with Gasteiger partial charge in [-0.1, -0.05) is 6.07 Å². The zero-order valence-electron chi connectivity index (χ0n) is 9.98. The van der Waals surface area contributed by atoms with Gasteiger partial charge in [0.05, 0.1) is 17.4 Å². The van der Waals surface area contributed by atoms with Crippen molar-refractivity contribution in [2.75, 3.05) is 16.5 Å². The molecule has 0 aromatic heterocycles. The van der Waals surface area contributed by atoms with E-state index in [0.29, 0.717) is 0 Å². The minimum atomic E-state index is -4.24. The van der Waals surface area contributed by atoms with Gasteiger partial charge in [-0.05, 0) is 18.2 Å². The molecular formula is C10H11Cl2FN2O4S. The van der Waals surface area contributed by atoms with Gasteiger partial charge in [0, 0.05) is 0 Å². The third-order valence-corrected chi connectivity index (χ3v) is 3.54. The first-order valence-electron chi connectivity index (χ1n) is 5.25. The number of benzene rings is 1. The molecule has 0 saturated carbocycles. The number of anilines is 1. The maximum Gasteiger partial charge on any atom is 0.422 e. The molecule has 0 aliphatic carbocycles. The summed E-state index contributed by atoms with van der Waals surface area (Å²) in [5, 5.41) is 0. The summed E-state index contributed by atoms with van der Waals surface area (Å²) in [5.74, 6) is -0.778. The van der Waals surface area contributed by atoms with Crippen LogP contribution < -0.4 is 9.44 Å². The van der Waals surface area contributed by atoms with E-state index in [-0.39, 0.29) is 17.4 Å². The lowest BCUT2D eigenvalue weighted by atomic mass is 10.3. The lowest BCUT2D eigenvalue weighted by Crippen LogP contribution is -2.38. The van der Waals surface area contributed by atoms with Crippen molar-refractivity contribution < 1.29 is 22.3 Å². The molecule has 0 atom stereocenters. The summed E-state index contributed by atoms with van der Waals surface area (Å²) in [7, 11) is -4.24. The predicted molar refractivity (Wildman–Crippen MR) is 73.8 cm³/mol. The first kappa shape index (κ1) is 16.8. The molecular weight excluding hydrogens is 334 g/mol. The number of hydrogen-bond donors (Lipinski definition) is 2. The fourth-order valence-electron chi connectivity index (χ4n) is 1.12. The fraction of sp³-hybridized carbons (Fsp3) is 0.300. The molecule has 1 rings (SSSR count). The number of carbonyl (C=O) groups is 1. The number of carbonyl (C=O) groups excluding carboxylic acids is 1. The highest BCUT2D eigenvalue weighted by Gasteiger charge is 2.19. The van der Waals surface area contributed by atoms with Crippen molar-refractivity contribution in [1.82, 2.24) is 4.72 Å². The van der Waals surface area contributed by atoms with Gasteiger partial charge >= 0.3 is 16.3 Å². The Kier molecular flexibility index (Phi) is 6.31. The van der Waals surface area contributed by atoms with Crippen molar-refractivity contribution in [2.45, 2.75) is 6.10 Å². The molecule has 0 heterocycles. The molecule has 112 valence electrons. The van der Waals surface area contributed by atoms with Crippen molar-refractivity contribution in [3.8, 4) is 0 Å². The second kappa shape index (κ2) is 7.51. The van der Waals surface area contributed by atoms with E-state index in [2.05, 4.69) is 4.74 Å². The van der Waals surface area contributed by atoms with Gasteiger partial charge in [0.2, 0.25) is 0 Å². The molecule has 10 heteroatoms. The number of hydrogen-bond acceptors (Lipinski definition) is 4. The van der Waals surface area contributed by atoms with Crippen LogP contribution in [0.3, 0.4) is 0 Å². The van der Waals surface area contributed by atoms with E-state index in [1.165, 1.54) is 12.1 Å². The van der Waals surface area contributed by atoms with Crippen LogP contribution >= 0.6 is 23.2 Å². The minimum absolute atomic E-state index is 0.0449. The zero-order valence-corrected chi connectivity index (χ0v) is 12.3. The van der Waals surface area contributed by atoms with Gasteiger partial charge in [0.25, 0.3) is 0 Å². The summed E-state index contributed by atoms with van der Waals surface area (Å²) in [4.78, 5) is 11.3. The summed E-state index contributed by atoms with van der Waals surface area (Å²) < 4.78 is 44.2. The third-order valence-electron chi connectivity index (χ3n) is 1.91. The number of amides is 1. The predicted octanol–water partition coefficient (Wildman–Crippen LogP) is 2.05. The lowest BCUT2D eigenvalue weighted by molar-refractivity contribution is 0.124. The SMILES string of the molecule is O=C(NS(=O)(=O)Nc1cccc(F)c1)OC(CCl)CCl. The lowest BCUT2D eigenvalue weighted by Gasteiger charge is -2.13. The molecule has 0 bridgehead atoms. The molecule has 0 unspecified atom stereocenters. The van der Waals surface area contributed by atoms with E-state index in [9.17, 15) is 17.6 Å². The number of alkyl halides is 2. The van der Waals surface area contributed by atoms with Gasteiger partial charge in [-0.25, -0.2) is 13.9 Å². The second-order valence-corrected chi connectivity index (χ2v) is 5.59. The van der Waals surface area contributed by atoms with Crippen LogP contribution in [0.15, 0.2) is 24.3 Å². The molecule has 1 amide bonds. The van der Waals surface area contributed by atoms with Crippen LogP contribution in [0, 0.1) is 5.82 Å². The largest absolute Gasteiger partial charge is 0.443 e. The zero-order chi connectivity index (χ0) is 15.2. The molecule has 0 aliphatic rings. The highest BCUT2D eigenvalue weighted by molar-refractivity contribution is 7.91. The van der Waals surface area contributed by atoms with Gasteiger partial charge in [0.1, 0.15) is 11.9 Å². The molecule has 2 N–H and O–H groups in total. The average molecular weight is 345 g/mol. The first-order valence-corrected chi connectivity index (χ1v) is 7.80. The third kappa shape index (κ3) is 5.81. The quantitative estimate of drug-likeness (QED) is 0.773. The monoisotopic (exact) mass is 344 g/mol. The maximum absolute atomic E-state index is 12.9. The van der Waals surface area contributed by atoms with Gasteiger partial charge in [0.15, 0.2) is 0 Å². The summed E-state index contributed by atoms with van der Waals surface area (Å²) in [6.07, 6.45) is -2.05. The van der Waals surface area contributed by atoms with Crippen LogP contribution in [0.5, 0.6) is 0 Å². The van der Waals surface area contributed by atoms with E-state index in [1.54, 1.807) is 4.72 Å². The van der Waals surface area contributed by atoms with Crippen LogP contribution in [-0.2, 0) is 14.9 Å². The molecule has 0 radical (unpaired) electrons. The van der Waals surface area contributed by atoms with Gasteiger partial charge in [-0.15, -0.1) is 23.2 Å². The Labute approximate surface area is 125 Å². The standard InChI is InChI=1S/C10H11Cl2FN2O4S/c11-5-9(6-12)19-10(16)15-20(17,18)14-8-3-1-2-7(13)4-8/h1-4,9,14H,5-6H2,(H,15,16). The van der Waals surface area contributed by atoms with Gasteiger partial charge < -0.3 is 4.74 Å². The minimum Gasteiger partial charge on any atom is -0.443 e. The number of ether oxygens (including phenoxy) is 1. The maximum atomic E-state index is 12.9. The normalized spacial score (nSPS) is 11.2. The topological polar surface area (TPSA) is 84.5 Å². The van der Waals surface area contributed by atoms with E-state index in [1.807, 2.05) is 4.72 Å². The average Bonchev–Trinajstić information content (AvgIpc) is 2.34. The van der Waals surface area contributed by atoms with Crippen LogP contribution in [-0.4, -0.2) is 32.4 Å². The van der Waals surface area contributed by atoms with Crippen LogP contribution in [0.1, 0.15) is 0 Å². The Morgan fingerprint density at radius 1 is 1.35 bits per heavy atom. The van der Waals surface area contributed by atoms with Crippen molar-refractivity contribution >= 4 is 45.2 Å². The first-order chi connectivity index (χ1) is 9.36. The van der Waals surface area contributed by atoms with Crippen LogP contribution in [0.4, 0.5) is 14.9 Å². The van der Waals surface area contributed by atoms with E-state index in [0.717, 1.165) is 12.1 Å². The smallest absolute Gasteiger partial charge is 0.422 e. The van der Waals surface area contributed by atoms with Crippen molar-refractivity contribution in [2.24, 2.45) is 0 Å². The summed E-state index contributed by atoms with van der Waals surface area (Å²) in [5.41, 5.74) is -0.0449. The number of halogens is 3. The fourth-order valence-corrected chi connectivity index (χ4v) is 2.33. The van der Waals surface area contributed by atoms with E-state index >= 15 is 0 Å². The number of rotatable bonds is 6. The van der Waals surface area contributed by atoms with E-state index < -0.39 is 28.2 Å². The molecule has 6 nitrogen and oxygen atoms in total. The van der Waals surface area contributed by atoms with Gasteiger partial charge in [-0.3, -0.25) is 4.72 Å². The molecule has 0 saturated heterocycles. The molecule has 0 aliphatic heterocycles. The summed E-state index contributed by atoms with van der Waals surface area (Å²) in [6.45, 7) is 0. The number of nitrogens with one attached hydrogen (secondary N) is 2. The summed E-state index contributed by atoms with van der Waals surface area (Å²) in [6, 6.07) is 4.71. The van der Waals surface area contributed by atoms with Crippen molar-refractivity contribution in [3.63, 3.8) is 0 Å². The Morgan fingerprint density at radius 3 is 2.55 bits per heavy atom. The molecule has 1 aromatic rings. The van der Waals surface area contributed by atoms with Crippen LogP contribution in [0.2, 0.25) is 0 Å². The van der Waals surface area contributed by atoms with Crippen molar-refractivity contribution in [1.29, 1.82) is 0 Å². The van der Waals surface area contributed by atoms with Crippen LogP contribution in [0.25, 0.3) is 0 Å². The van der Waals surface area contributed by atoms with Gasteiger partial charge in [-0.2, -0.15) is 8.42 Å².